The third kappa shape index (κ3) is 8.90. The average molecular weight is 1330 g/mol. The maximum atomic E-state index is 5.66. The van der Waals surface area contributed by atoms with Crippen LogP contribution in [0.25, 0.3) is 187 Å². The molecule has 0 bridgehead atoms. The maximum Gasteiger partial charge on any atom is 0.235 e. The van der Waals surface area contributed by atoms with Crippen LogP contribution in [0.1, 0.15) is 22.3 Å². The van der Waals surface area contributed by atoms with Gasteiger partial charge in [0.1, 0.15) is 0 Å². The first-order valence-electron chi connectivity index (χ1n) is 36.0. The molecule has 4 aromatic heterocycles. The van der Waals surface area contributed by atoms with Gasteiger partial charge in [0, 0.05) is 43.4 Å². The van der Waals surface area contributed by atoms with E-state index in [1.54, 1.807) is 0 Å². The molecular formula is C99H60N6. The van der Waals surface area contributed by atoms with Gasteiger partial charge < -0.3 is 0 Å². The lowest BCUT2D eigenvalue weighted by Gasteiger charge is -2.34. The van der Waals surface area contributed by atoms with Crippen LogP contribution in [0, 0.1) is 0 Å². The van der Waals surface area contributed by atoms with Crippen molar-refractivity contribution in [2.24, 2.45) is 0 Å². The van der Waals surface area contributed by atoms with Crippen LogP contribution < -0.4 is 0 Å². The van der Waals surface area contributed by atoms with Crippen molar-refractivity contribution in [3.8, 4) is 78.9 Å². The Hall–Kier alpha value is -13.9. The van der Waals surface area contributed by atoms with Gasteiger partial charge in [-0.3, -0.25) is 9.13 Å². The second kappa shape index (κ2) is 23.0. The third-order valence-corrected chi connectivity index (χ3v) is 22.4. The number of hydrogen-bond donors (Lipinski definition) is 0. The minimum atomic E-state index is -0.508. The number of para-hydroxylation sites is 1. The molecule has 17 aromatic carbocycles. The molecule has 1 aliphatic carbocycles. The topological polar surface area (TPSA) is 61.4 Å². The largest absolute Gasteiger partial charge is 0.278 e. The number of rotatable bonds is 9. The highest BCUT2D eigenvalue weighted by Crippen LogP contribution is 2.56. The summed E-state index contributed by atoms with van der Waals surface area (Å²) in [7, 11) is 0. The minimum Gasteiger partial charge on any atom is -0.278 e. The van der Waals surface area contributed by atoms with E-state index in [0.717, 1.165) is 105 Å². The molecule has 0 fully saturated rings. The van der Waals surface area contributed by atoms with Crippen molar-refractivity contribution >= 4 is 109 Å². The van der Waals surface area contributed by atoms with Gasteiger partial charge in [-0.15, -0.1) is 0 Å². The Kier molecular flexibility index (Phi) is 12.9. The van der Waals surface area contributed by atoms with Crippen molar-refractivity contribution in [1.29, 1.82) is 0 Å². The lowest BCUT2D eigenvalue weighted by atomic mass is 9.67. The standard InChI is InChI=1S/C99H60N6/c1-3-19-61(20-4-1)71-46-54-86-82(60-71)96(103-98(101-86)104-87-55-47-65-21-7-10-26-75(65)91(87)92-76-27-11-8-22-66(76)48-56-88(92)104)68-41-39-63(40-42-68)62-35-37-64(38-36-62)70-45-53-78-72(59-70)50-58-90-94(78)93-77-28-12-9-23-67(77)49-57-89(93)105(90)97-100-85-34-18-15-31-81(85)95(102-97)69-43-51-74(52-44-69)99(73-24-5-2-6-25-73)83-32-16-13-29-79(83)80-30-14-17-33-84(80)99/h1-60H. The van der Waals surface area contributed by atoms with Crippen LogP contribution in [-0.2, 0) is 5.41 Å². The summed E-state index contributed by atoms with van der Waals surface area (Å²) in [4.78, 5) is 22.2. The molecule has 0 unspecified atom stereocenters. The first-order valence-corrected chi connectivity index (χ1v) is 36.0. The van der Waals surface area contributed by atoms with E-state index in [1.807, 2.05) is 0 Å². The molecule has 0 saturated carbocycles. The molecule has 105 heavy (non-hydrogen) atoms. The molecule has 0 N–H and O–H groups in total. The maximum absolute atomic E-state index is 5.66. The van der Waals surface area contributed by atoms with Crippen molar-refractivity contribution < 1.29 is 0 Å². The highest BCUT2D eigenvalue weighted by molar-refractivity contribution is 6.30. The molecule has 6 heteroatoms. The number of fused-ring (bicyclic) bond motifs is 19. The molecule has 21 aromatic rings. The third-order valence-electron chi connectivity index (χ3n) is 22.4. The second-order valence-corrected chi connectivity index (χ2v) is 27.9. The molecule has 4 heterocycles. The van der Waals surface area contributed by atoms with Gasteiger partial charge in [0.25, 0.3) is 0 Å². The lowest BCUT2D eigenvalue weighted by Crippen LogP contribution is -2.28. The molecule has 0 amide bonds. The molecule has 0 spiro atoms. The van der Waals surface area contributed by atoms with Crippen LogP contribution in [0.3, 0.4) is 0 Å². The van der Waals surface area contributed by atoms with E-state index in [4.69, 9.17) is 19.9 Å². The lowest BCUT2D eigenvalue weighted by molar-refractivity contribution is 0.768. The molecule has 22 rings (SSSR count). The van der Waals surface area contributed by atoms with E-state index < -0.39 is 5.41 Å². The van der Waals surface area contributed by atoms with Crippen LogP contribution in [0.5, 0.6) is 0 Å². The highest BCUT2D eigenvalue weighted by Gasteiger charge is 2.46. The quantitative estimate of drug-likeness (QED) is 0.144. The first-order chi connectivity index (χ1) is 52.1. The Morgan fingerprint density at radius 2 is 0.562 bits per heavy atom. The van der Waals surface area contributed by atoms with Crippen LogP contribution >= 0.6 is 0 Å². The number of nitrogens with zero attached hydrogens (tertiary/aromatic N) is 6. The highest BCUT2D eigenvalue weighted by atomic mass is 15.2. The summed E-state index contributed by atoms with van der Waals surface area (Å²) in [6, 6.07) is 133. The van der Waals surface area contributed by atoms with Crippen LogP contribution in [0.15, 0.2) is 364 Å². The summed E-state index contributed by atoms with van der Waals surface area (Å²) in [5.74, 6) is 1.26. The van der Waals surface area contributed by atoms with E-state index in [0.29, 0.717) is 11.9 Å². The molecule has 486 valence electrons. The van der Waals surface area contributed by atoms with Gasteiger partial charge in [0.15, 0.2) is 0 Å². The predicted molar refractivity (Wildman–Crippen MR) is 436 cm³/mol. The number of benzene rings is 17. The Balaban J connectivity index is 0.628. The fourth-order valence-corrected chi connectivity index (χ4v) is 17.7. The molecule has 6 nitrogen and oxygen atoms in total. The Morgan fingerprint density at radius 1 is 0.210 bits per heavy atom. The van der Waals surface area contributed by atoms with Gasteiger partial charge in [-0.05, 0) is 158 Å². The average Bonchev–Trinajstić information content (AvgIpc) is 1.57. The molecule has 0 saturated heterocycles. The van der Waals surface area contributed by atoms with Gasteiger partial charge in [-0.2, -0.15) is 0 Å². The monoisotopic (exact) mass is 1330 g/mol. The van der Waals surface area contributed by atoms with Gasteiger partial charge >= 0.3 is 0 Å². The molecule has 0 radical (unpaired) electrons. The minimum absolute atomic E-state index is 0.508. The number of aromatic nitrogens is 6. The van der Waals surface area contributed by atoms with E-state index in [2.05, 4.69) is 373 Å². The molecular weight excluding hydrogens is 1270 g/mol. The van der Waals surface area contributed by atoms with E-state index in [9.17, 15) is 0 Å². The summed E-state index contributed by atoms with van der Waals surface area (Å²) >= 11 is 0. The van der Waals surface area contributed by atoms with Gasteiger partial charge in [-0.1, -0.05) is 315 Å². The SMILES string of the molecule is c1ccc(-c2ccc3nc(-n4c5ccc6ccccc6c5c5c6ccccc6ccc54)nc(-c4ccc(-c5ccc(-c6ccc7c(ccc8c7c7c9ccccc9ccc7n8-c7nc(-c8ccc(C9(c%10ccccc%10)c%10ccccc%10-c%10ccccc%109)cc8)c8ccccc8n7)c6)cc5)cc4)c3c2)cc1. The zero-order valence-corrected chi connectivity index (χ0v) is 56.8. The van der Waals surface area contributed by atoms with Crippen LogP contribution in [0.2, 0.25) is 0 Å². The smallest absolute Gasteiger partial charge is 0.235 e. The molecule has 0 aliphatic heterocycles. The van der Waals surface area contributed by atoms with E-state index in [-0.39, 0.29) is 0 Å². The Morgan fingerprint density at radius 3 is 1.10 bits per heavy atom. The Bertz CT molecular complexity index is 7040. The summed E-state index contributed by atoms with van der Waals surface area (Å²) in [6.07, 6.45) is 0. The normalized spacial score (nSPS) is 12.6. The van der Waals surface area contributed by atoms with Crippen LogP contribution in [0.4, 0.5) is 0 Å². The fraction of sp³-hybridized carbons (Fsp3) is 0.0101. The van der Waals surface area contributed by atoms with Crippen LogP contribution in [-0.4, -0.2) is 29.1 Å². The zero-order valence-electron chi connectivity index (χ0n) is 56.8. The predicted octanol–water partition coefficient (Wildman–Crippen LogP) is 25.1. The van der Waals surface area contributed by atoms with Gasteiger partial charge in [-0.25, -0.2) is 19.9 Å². The van der Waals surface area contributed by atoms with Crippen molar-refractivity contribution in [3.63, 3.8) is 0 Å². The summed E-state index contributed by atoms with van der Waals surface area (Å²) < 4.78 is 4.57. The summed E-state index contributed by atoms with van der Waals surface area (Å²) in [6.45, 7) is 0. The van der Waals surface area contributed by atoms with Crippen molar-refractivity contribution in [1.82, 2.24) is 29.1 Å². The summed E-state index contributed by atoms with van der Waals surface area (Å²) in [5.41, 5.74) is 23.7. The van der Waals surface area contributed by atoms with Crippen molar-refractivity contribution in [3.05, 3.63) is 386 Å². The van der Waals surface area contributed by atoms with Gasteiger partial charge in [0.05, 0.1) is 49.9 Å². The zero-order chi connectivity index (χ0) is 68.8. The van der Waals surface area contributed by atoms with E-state index >= 15 is 0 Å². The molecule has 0 atom stereocenters. The second-order valence-electron chi connectivity index (χ2n) is 27.9. The fourth-order valence-electron chi connectivity index (χ4n) is 17.7. The molecule has 1 aliphatic rings. The van der Waals surface area contributed by atoms with Crippen molar-refractivity contribution in [2.45, 2.75) is 5.41 Å². The summed E-state index contributed by atoms with van der Waals surface area (Å²) in [5, 5.41) is 16.3. The van der Waals surface area contributed by atoms with E-state index in [1.165, 1.54) is 92.6 Å². The Labute approximate surface area is 604 Å². The first kappa shape index (κ1) is 58.8. The van der Waals surface area contributed by atoms with Crippen molar-refractivity contribution in [2.75, 3.05) is 0 Å². The number of hydrogen-bond acceptors (Lipinski definition) is 4. The van der Waals surface area contributed by atoms with Gasteiger partial charge in [0.2, 0.25) is 11.9 Å².